The van der Waals surface area contributed by atoms with E-state index in [9.17, 15) is 24.9 Å². The molecule has 0 aliphatic carbocycles. The first-order valence-electron chi connectivity index (χ1n) is 9.12. The highest BCUT2D eigenvalue weighted by Crippen LogP contribution is 2.29. The lowest BCUT2D eigenvalue weighted by molar-refractivity contribution is -0.118. The molecule has 0 aromatic heterocycles. The molecule has 0 spiro atoms. The Morgan fingerprint density at radius 2 is 1.85 bits per heavy atom. The summed E-state index contributed by atoms with van der Waals surface area (Å²) < 4.78 is 0. The number of nitrogens with one attached hydrogen (secondary N) is 1. The monoisotopic (exact) mass is 373 g/mol. The van der Waals surface area contributed by atoms with E-state index in [0.717, 1.165) is 6.42 Å². The molecule has 0 saturated carbocycles. The van der Waals surface area contributed by atoms with E-state index in [1.54, 1.807) is 6.92 Å². The summed E-state index contributed by atoms with van der Waals surface area (Å²) in [7, 11) is 0. The van der Waals surface area contributed by atoms with E-state index in [1.165, 1.54) is 24.3 Å². The second-order valence-corrected chi connectivity index (χ2v) is 7.16. The fourth-order valence-corrected chi connectivity index (χ4v) is 3.30. The zero-order chi connectivity index (χ0) is 20.1. The summed E-state index contributed by atoms with van der Waals surface area (Å²) in [6.07, 6.45) is 4.22. The largest absolute Gasteiger partial charge is 0.511 e. The first kappa shape index (κ1) is 20.7. The van der Waals surface area contributed by atoms with Gasteiger partial charge in [0.15, 0.2) is 5.78 Å². The molecule has 1 heterocycles. The number of amides is 1. The van der Waals surface area contributed by atoms with Crippen LogP contribution in [0.1, 0.15) is 45.3 Å². The maximum Gasteiger partial charge on any atom is 0.259 e. The zero-order valence-corrected chi connectivity index (χ0v) is 15.8. The molecule has 1 aromatic carbocycles. The minimum atomic E-state index is -1.27. The maximum absolute atomic E-state index is 12.7. The summed E-state index contributed by atoms with van der Waals surface area (Å²) in [5.74, 6) is -1.55. The van der Waals surface area contributed by atoms with Gasteiger partial charge in [-0.3, -0.25) is 9.59 Å². The lowest BCUT2D eigenvalue weighted by Gasteiger charge is -2.17. The lowest BCUT2D eigenvalue weighted by Crippen LogP contribution is -2.35. The molecule has 146 valence electrons. The summed E-state index contributed by atoms with van der Waals surface area (Å²) in [5.41, 5.74) is 0.115. The number of benzene rings is 1. The molecule has 0 radical (unpaired) electrons. The second kappa shape index (κ2) is 8.86. The molecule has 6 heteroatoms. The van der Waals surface area contributed by atoms with Crippen LogP contribution in [0.25, 0.3) is 0 Å². The van der Waals surface area contributed by atoms with E-state index in [-0.39, 0.29) is 28.9 Å². The van der Waals surface area contributed by atoms with Crippen molar-refractivity contribution in [3.05, 3.63) is 53.3 Å². The number of carbonyl (C=O) groups is 2. The number of rotatable bonds is 7. The molecule has 1 aliphatic heterocycles. The third-order valence-electron chi connectivity index (χ3n) is 4.85. The summed E-state index contributed by atoms with van der Waals surface area (Å²) in [4.78, 5) is 25.0. The quantitative estimate of drug-likeness (QED) is 0.254. The molecule has 0 bridgehead atoms. The van der Waals surface area contributed by atoms with Crippen molar-refractivity contribution >= 4 is 11.7 Å². The van der Waals surface area contributed by atoms with Crippen molar-refractivity contribution in [3.63, 3.8) is 0 Å². The molecular formula is C21H27NO5. The second-order valence-electron chi connectivity index (χ2n) is 7.16. The molecule has 27 heavy (non-hydrogen) atoms. The third kappa shape index (κ3) is 4.77. The van der Waals surface area contributed by atoms with Crippen LogP contribution in [0.5, 0.6) is 5.75 Å². The number of ketones is 1. The van der Waals surface area contributed by atoms with E-state index in [2.05, 4.69) is 5.32 Å². The van der Waals surface area contributed by atoms with Gasteiger partial charge in [-0.15, -0.1) is 0 Å². The molecule has 4 atom stereocenters. The first-order valence-corrected chi connectivity index (χ1v) is 9.12. The van der Waals surface area contributed by atoms with Gasteiger partial charge in [-0.05, 0) is 43.4 Å². The number of aromatic hydroxyl groups is 1. The van der Waals surface area contributed by atoms with E-state index in [4.69, 9.17) is 0 Å². The number of aliphatic hydroxyl groups excluding tert-OH is 2. The highest BCUT2D eigenvalue weighted by molar-refractivity contribution is 6.27. The predicted octanol–water partition coefficient (Wildman–Crippen LogP) is 2.93. The van der Waals surface area contributed by atoms with Crippen molar-refractivity contribution in [3.8, 4) is 5.75 Å². The Bertz CT molecular complexity index is 750. The minimum absolute atomic E-state index is 0.0341. The average Bonchev–Trinajstić information content (AvgIpc) is 2.93. The van der Waals surface area contributed by atoms with Gasteiger partial charge in [-0.1, -0.05) is 38.1 Å². The van der Waals surface area contributed by atoms with E-state index in [1.807, 2.05) is 26.0 Å². The summed E-state index contributed by atoms with van der Waals surface area (Å²) in [5, 5.41) is 32.8. The highest BCUT2D eigenvalue weighted by Gasteiger charge is 2.43. The molecule has 6 nitrogen and oxygen atoms in total. The summed E-state index contributed by atoms with van der Waals surface area (Å²) in [6, 6.07) is 4.58. The van der Waals surface area contributed by atoms with E-state index < -0.39 is 23.8 Å². The number of Topliss-reactive ketones (excluding diaryl/α,β-unsaturated/α-hetero) is 1. The van der Waals surface area contributed by atoms with Crippen molar-refractivity contribution in [2.75, 3.05) is 0 Å². The number of carbonyl (C=O) groups excluding carboxylic acids is 2. The Labute approximate surface area is 159 Å². The van der Waals surface area contributed by atoms with Crippen molar-refractivity contribution in [2.45, 2.75) is 45.8 Å². The summed E-state index contributed by atoms with van der Waals surface area (Å²) in [6.45, 7) is 5.76. The van der Waals surface area contributed by atoms with Crippen LogP contribution in [-0.2, 0) is 9.59 Å². The lowest BCUT2D eigenvalue weighted by atomic mass is 9.90. The van der Waals surface area contributed by atoms with Gasteiger partial charge >= 0.3 is 0 Å². The summed E-state index contributed by atoms with van der Waals surface area (Å²) >= 11 is 0. The van der Waals surface area contributed by atoms with Crippen molar-refractivity contribution in [1.29, 1.82) is 0 Å². The number of aliphatic hydroxyl groups is 2. The van der Waals surface area contributed by atoms with Crippen LogP contribution in [0, 0.1) is 11.8 Å². The Hall–Kier alpha value is -2.60. The molecule has 1 amide bonds. The predicted molar refractivity (Wildman–Crippen MR) is 102 cm³/mol. The number of phenols is 1. The van der Waals surface area contributed by atoms with Gasteiger partial charge in [0.05, 0.1) is 0 Å². The Morgan fingerprint density at radius 1 is 1.22 bits per heavy atom. The van der Waals surface area contributed by atoms with Crippen LogP contribution in [0.4, 0.5) is 0 Å². The average molecular weight is 373 g/mol. The number of phenolic OH excluding ortho intramolecular Hbond substituents is 1. The Kier molecular flexibility index (Phi) is 6.80. The molecule has 1 aliphatic rings. The molecule has 4 N–H and O–H groups in total. The van der Waals surface area contributed by atoms with Crippen LogP contribution in [-0.4, -0.2) is 33.1 Å². The fraction of sp³-hybridized carbons (Fsp3) is 0.429. The van der Waals surface area contributed by atoms with Crippen LogP contribution in [0.15, 0.2) is 47.7 Å². The van der Waals surface area contributed by atoms with Gasteiger partial charge in [0.2, 0.25) is 0 Å². The molecule has 1 aromatic rings. The Balaban J connectivity index is 2.18. The standard InChI is InChI=1S/C21H27NO5/c1-4-5-6-12(2)11-13(3)18(24)16-20(26)17(22-21(16)27)19(25)14-7-9-15(23)10-8-14/h4-5,7-10,12-13,17,19,23-25H,6,11H2,1-3H3,(H,22,27)/t12-,13-,17-,19-/m0/s1. The topological polar surface area (TPSA) is 107 Å². The van der Waals surface area contributed by atoms with Gasteiger partial charge in [0.1, 0.15) is 29.2 Å². The maximum atomic E-state index is 12.7. The molecule has 0 unspecified atom stereocenters. The van der Waals surface area contributed by atoms with Crippen LogP contribution in [0.3, 0.4) is 0 Å². The van der Waals surface area contributed by atoms with E-state index >= 15 is 0 Å². The van der Waals surface area contributed by atoms with Crippen molar-refractivity contribution < 1.29 is 24.9 Å². The van der Waals surface area contributed by atoms with Gasteiger partial charge in [0, 0.05) is 5.92 Å². The van der Waals surface area contributed by atoms with Gasteiger partial charge in [0.25, 0.3) is 5.91 Å². The number of hydrogen-bond acceptors (Lipinski definition) is 5. The van der Waals surface area contributed by atoms with Gasteiger partial charge in [-0.25, -0.2) is 0 Å². The number of allylic oxidation sites excluding steroid dienone is 3. The smallest absolute Gasteiger partial charge is 0.259 e. The van der Waals surface area contributed by atoms with Gasteiger partial charge in [-0.2, -0.15) is 0 Å². The fourth-order valence-electron chi connectivity index (χ4n) is 3.30. The van der Waals surface area contributed by atoms with Crippen molar-refractivity contribution in [1.82, 2.24) is 5.32 Å². The van der Waals surface area contributed by atoms with Crippen LogP contribution < -0.4 is 5.32 Å². The van der Waals surface area contributed by atoms with Gasteiger partial charge < -0.3 is 20.6 Å². The zero-order valence-electron chi connectivity index (χ0n) is 15.8. The minimum Gasteiger partial charge on any atom is -0.511 e. The number of hydrogen-bond donors (Lipinski definition) is 4. The molecule has 2 rings (SSSR count). The Morgan fingerprint density at radius 3 is 2.44 bits per heavy atom. The third-order valence-corrected chi connectivity index (χ3v) is 4.85. The van der Waals surface area contributed by atoms with Crippen molar-refractivity contribution in [2.24, 2.45) is 11.8 Å². The molecular weight excluding hydrogens is 346 g/mol. The normalized spacial score (nSPS) is 22.6. The van der Waals surface area contributed by atoms with Crippen LogP contribution in [0.2, 0.25) is 0 Å². The first-order chi connectivity index (χ1) is 12.8. The SMILES string of the molecule is CC=CC[C@H](C)C[C@H](C)C(O)=C1C(=O)N[C@@H]([C@@H](O)c2ccc(O)cc2)C1=O. The van der Waals surface area contributed by atoms with E-state index in [0.29, 0.717) is 12.0 Å². The van der Waals surface area contributed by atoms with Crippen LogP contribution >= 0.6 is 0 Å². The molecule has 1 fully saturated rings. The highest BCUT2D eigenvalue weighted by atomic mass is 16.3. The molecule has 1 saturated heterocycles.